The van der Waals surface area contributed by atoms with Crippen molar-refractivity contribution in [2.45, 2.75) is 12.3 Å². The lowest BCUT2D eigenvalue weighted by molar-refractivity contribution is -0.132. The van der Waals surface area contributed by atoms with Crippen molar-refractivity contribution in [3.8, 4) is 5.75 Å². The third kappa shape index (κ3) is 3.34. The molecule has 1 heterocycles. The molecule has 0 bridgehead atoms. The summed E-state index contributed by atoms with van der Waals surface area (Å²) in [5.74, 6) is 1.74. The molecule has 2 atom stereocenters. The summed E-state index contributed by atoms with van der Waals surface area (Å²) in [6.45, 7) is 3.46. The molecule has 1 aliphatic carbocycles. The van der Waals surface area contributed by atoms with E-state index in [9.17, 15) is 4.79 Å². The molecule has 0 radical (unpaired) electrons. The van der Waals surface area contributed by atoms with Gasteiger partial charge in [0.1, 0.15) is 5.75 Å². The smallest absolute Gasteiger partial charge is 0.226 e. The van der Waals surface area contributed by atoms with Gasteiger partial charge in [0, 0.05) is 37.8 Å². The van der Waals surface area contributed by atoms with Crippen LogP contribution < -0.4 is 9.64 Å². The van der Waals surface area contributed by atoms with Crippen molar-refractivity contribution in [3.63, 3.8) is 0 Å². The lowest BCUT2D eigenvalue weighted by Crippen LogP contribution is -2.49. The molecular formula is C21H24N2O2. The average molecular weight is 336 g/mol. The quantitative estimate of drug-likeness (QED) is 0.860. The number of rotatable bonds is 4. The molecule has 0 spiro atoms. The molecule has 0 N–H and O–H groups in total. The zero-order chi connectivity index (χ0) is 17.2. The molecule has 1 amide bonds. The first kappa shape index (κ1) is 16.0. The van der Waals surface area contributed by atoms with Crippen molar-refractivity contribution >= 4 is 11.6 Å². The molecule has 1 aliphatic heterocycles. The SMILES string of the molecule is COc1ccc(C2CC2C(=O)N2CCN(c3ccccc3)CC2)cc1. The lowest BCUT2D eigenvalue weighted by Gasteiger charge is -2.36. The van der Waals surface area contributed by atoms with E-state index in [2.05, 4.69) is 41.3 Å². The second-order valence-corrected chi connectivity index (χ2v) is 6.87. The lowest BCUT2D eigenvalue weighted by atomic mass is 10.1. The Morgan fingerprint density at radius 2 is 1.64 bits per heavy atom. The van der Waals surface area contributed by atoms with Gasteiger partial charge < -0.3 is 14.5 Å². The van der Waals surface area contributed by atoms with Crippen LogP contribution in [0.3, 0.4) is 0 Å². The standard InChI is InChI=1S/C21H24N2O2/c1-25-18-9-7-16(8-10-18)19-15-20(19)21(24)23-13-11-22(12-14-23)17-5-3-2-4-6-17/h2-10,19-20H,11-15H2,1H3. The molecule has 25 heavy (non-hydrogen) atoms. The largest absolute Gasteiger partial charge is 0.497 e. The number of carbonyl (C=O) groups is 1. The number of ether oxygens (including phenoxy) is 1. The molecule has 2 aromatic carbocycles. The summed E-state index contributed by atoms with van der Waals surface area (Å²) in [7, 11) is 1.67. The topological polar surface area (TPSA) is 32.8 Å². The number of anilines is 1. The molecule has 0 aromatic heterocycles. The molecule has 1 saturated carbocycles. The number of nitrogens with zero attached hydrogens (tertiary/aromatic N) is 2. The molecule has 4 rings (SSSR count). The van der Waals surface area contributed by atoms with Gasteiger partial charge in [0.05, 0.1) is 7.11 Å². The first-order valence-electron chi connectivity index (χ1n) is 8.99. The van der Waals surface area contributed by atoms with E-state index < -0.39 is 0 Å². The molecule has 4 heteroatoms. The summed E-state index contributed by atoms with van der Waals surface area (Å²) in [4.78, 5) is 17.2. The van der Waals surface area contributed by atoms with Crippen LogP contribution in [0.5, 0.6) is 5.75 Å². The highest BCUT2D eigenvalue weighted by Crippen LogP contribution is 2.48. The normalized spacial score (nSPS) is 22.6. The summed E-state index contributed by atoms with van der Waals surface area (Å²) in [5, 5.41) is 0. The van der Waals surface area contributed by atoms with E-state index in [0.29, 0.717) is 11.8 Å². The number of hydrogen-bond donors (Lipinski definition) is 0. The average Bonchev–Trinajstić information content (AvgIpc) is 3.49. The Morgan fingerprint density at radius 1 is 0.960 bits per heavy atom. The van der Waals surface area contributed by atoms with Gasteiger partial charge in [0.25, 0.3) is 0 Å². The van der Waals surface area contributed by atoms with E-state index in [1.165, 1.54) is 11.3 Å². The van der Waals surface area contributed by atoms with Crippen LogP contribution in [0.4, 0.5) is 5.69 Å². The molecule has 2 fully saturated rings. The van der Waals surface area contributed by atoms with Gasteiger partial charge in [-0.25, -0.2) is 0 Å². The van der Waals surface area contributed by atoms with Crippen LogP contribution in [0.2, 0.25) is 0 Å². The number of benzene rings is 2. The monoisotopic (exact) mass is 336 g/mol. The molecule has 4 nitrogen and oxygen atoms in total. The highest BCUT2D eigenvalue weighted by molar-refractivity contribution is 5.83. The Hall–Kier alpha value is -2.49. The van der Waals surface area contributed by atoms with Crippen molar-refractivity contribution < 1.29 is 9.53 Å². The van der Waals surface area contributed by atoms with Crippen LogP contribution in [0.15, 0.2) is 54.6 Å². The second kappa shape index (κ2) is 6.79. The highest BCUT2D eigenvalue weighted by Gasteiger charge is 2.46. The fourth-order valence-corrected chi connectivity index (χ4v) is 3.75. The Kier molecular flexibility index (Phi) is 4.35. The van der Waals surface area contributed by atoms with E-state index in [-0.39, 0.29) is 5.92 Å². The molecular weight excluding hydrogens is 312 g/mol. The number of piperazine rings is 1. The van der Waals surface area contributed by atoms with Crippen molar-refractivity contribution in [1.82, 2.24) is 4.90 Å². The minimum atomic E-state index is 0.164. The zero-order valence-electron chi connectivity index (χ0n) is 14.6. The van der Waals surface area contributed by atoms with Gasteiger partial charge in [-0.1, -0.05) is 30.3 Å². The maximum Gasteiger partial charge on any atom is 0.226 e. The van der Waals surface area contributed by atoms with Gasteiger partial charge in [0.2, 0.25) is 5.91 Å². The van der Waals surface area contributed by atoms with E-state index in [0.717, 1.165) is 38.3 Å². The Labute approximate surface area is 149 Å². The number of methoxy groups -OCH3 is 1. The Morgan fingerprint density at radius 3 is 2.28 bits per heavy atom. The van der Waals surface area contributed by atoms with Gasteiger partial charge in [-0.3, -0.25) is 4.79 Å². The highest BCUT2D eigenvalue weighted by atomic mass is 16.5. The maximum absolute atomic E-state index is 12.8. The van der Waals surface area contributed by atoms with E-state index in [1.807, 2.05) is 23.1 Å². The zero-order valence-corrected chi connectivity index (χ0v) is 14.6. The molecule has 2 unspecified atom stereocenters. The molecule has 130 valence electrons. The molecule has 2 aromatic rings. The summed E-state index contributed by atoms with van der Waals surface area (Å²) >= 11 is 0. The Bertz CT molecular complexity index is 721. The third-order valence-electron chi connectivity index (χ3n) is 5.36. The van der Waals surface area contributed by atoms with E-state index in [1.54, 1.807) is 7.11 Å². The van der Waals surface area contributed by atoms with Gasteiger partial charge in [-0.15, -0.1) is 0 Å². The van der Waals surface area contributed by atoms with Crippen LogP contribution in [0.1, 0.15) is 17.9 Å². The molecule has 2 aliphatic rings. The second-order valence-electron chi connectivity index (χ2n) is 6.87. The first-order chi connectivity index (χ1) is 12.3. The van der Waals surface area contributed by atoms with E-state index >= 15 is 0 Å². The fourth-order valence-electron chi connectivity index (χ4n) is 3.75. The predicted molar refractivity (Wildman–Crippen MR) is 99.1 cm³/mol. The number of amides is 1. The number of carbonyl (C=O) groups excluding carboxylic acids is 1. The van der Waals surface area contributed by atoms with Crippen molar-refractivity contribution in [1.29, 1.82) is 0 Å². The van der Waals surface area contributed by atoms with Crippen LogP contribution in [-0.4, -0.2) is 44.1 Å². The van der Waals surface area contributed by atoms with E-state index in [4.69, 9.17) is 4.74 Å². The fraction of sp³-hybridized carbons (Fsp3) is 0.381. The van der Waals surface area contributed by atoms with Gasteiger partial charge in [-0.2, -0.15) is 0 Å². The van der Waals surface area contributed by atoms with Crippen molar-refractivity contribution in [3.05, 3.63) is 60.2 Å². The summed E-state index contributed by atoms with van der Waals surface area (Å²) < 4.78 is 5.21. The summed E-state index contributed by atoms with van der Waals surface area (Å²) in [6, 6.07) is 18.6. The summed E-state index contributed by atoms with van der Waals surface area (Å²) in [6.07, 6.45) is 0.976. The first-order valence-corrected chi connectivity index (χ1v) is 8.99. The van der Waals surface area contributed by atoms with Gasteiger partial charge >= 0.3 is 0 Å². The van der Waals surface area contributed by atoms with Gasteiger partial charge in [0.15, 0.2) is 0 Å². The Balaban J connectivity index is 1.32. The number of para-hydroxylation sites is 1. The third-order valence-corrected chi connectivity index (χ3v) is 5.36. The minimum absolute atomic E-state index is 0.164. The maximum atomic E-state index is 12.8. The van der Waals surface area contributed by atoms with Crippen LogP contribution >= 0.6 is 0 Å². The van der Waals surface area contributed by atoms with Crippen LogP contribution in [0.25, 0.3) is 0 Å². The van der Waals surface area contributed by atoms with Crippen LogP contribution in [0, 0.1) is 5.92 Å². The number of hydrogen-bond acceptors (Lipinski definition) is 3. The van der Waals surface area contributed by atoms with Crippen molar-refractivity contribution in [2.75, 3.05) is 38.2 Å². The summed E-state index contributed by atoms with van der Waals surface area (Å²) in [5.41, 5.74) is 2.50. The van der Waals surface area contributed by atoms with Crippen LogP contribution in [-0.2, 0) is 4.79 Å². The van der Waals surface area contributed by atoms with Gasteiger partial charge in [-0.05, 0) is 42.2 Å². The molecule has 1 saturated heterocycles. The van der Waals surface area contributed by atoms with Crippen molar-refractivity contribution in [2.24, 2.45) is 5.92 Å². The minimum Gasteiger partial charge on any atom is -0.497 e. The predicted octanol–water partition coefficient (Wildman–Crippen LogP) is 3.15.